The molecule has 0 spiro atoms. The standard InChI is InChI=1S/C73H135NO10/c1-4-7-10-13-16-19-22-25-27-29-31-32-33-34-35-37-38-40-42-45-48-51-54-57-60-66(77)72(81)74-64(65(76)59-56-53-50-47-44-24-21-18-15-12-9-6-3)63-82-73-71(70(80)69(79)67(62-75)83-73)84-68(78)61-58-55-52-49-46-43-41-39-36-30-28-26-23-20-17-14-11-8-5-2/h16,19,25-28,56,59,64-67,69-71,73,75-77,79-80H,4-15,17-18,20-24,29-55,57-58,60-63H2,1-3H3,(H,74,81)/b19-16-,27-25-,28-26+,59-56+. The van der Waals surface area contributed by atoms with Gasteiger partial charge in [0.1, 0.15) is 24.4 Å². The molecule has 0 aromatic carbocycles. The maximum absolute atomic E-state index is 13.5. The molecule has 1 aliphatic heterocycles. The molecule has 1 aliphatic rings. The molecule has 11 nitrogen and oxygen atoms in total. The Labute approximate surface area is 516 Å². The lowest BCUT2D eigenvalue weighted by molar-refractivity contribution is -0.305. The fourth-order valence-corrected chi connectivity index (χ4v) is 11.3. The third-order valence-electron chi connectivity index (χ3n) is 17.0. The van der Waals surface area contributed by atoms with E-state index in [2.05, 4.69) is 62.5 Å². The Bertz CT molecular complexity index is 1550. The summed E-state index contributed by atoms with van der Waals surface area (Å²) in [5.74, 6) is -1.18. The fourth-order valence-electron chi connectivity index (χ4n) is 11.3. The average molecular weight is 1190 g/mol. The molecular weight excluding hydrogens is 1050 g/mol. The highest BCUT2D eigenvalue weighted by molar-refractivity contribution is 5.80. The molecule has 11 heteroatoms. The van der Waals surface area contributed by atoms with Crippen LogP contribution < -0.4 is 5.32 Å². The van der Waals surface area contributed by atoms with E-state index in [1.807, 2.05) is 6.08 Å². The number of hydrogen-bond acceptors (Lipinski definition) is 10. The van der Waals surface area contributed by atoms with Crippen molar-refractivity contribution < 1.29 is 49.3 Å². The van der Waals surface area contributed by atoms with Crippen LogP contribution in [0, 0.1) is 0 Å². The molecule has 1 heterocycles. The lowest BCUT2D eigenvalue weighted by Gasteiger charge is -2.41. The molecule has 1 rings (SSSR count). The third-order valence-corrected chi connectivity index (χ3v) is 17.0. The van der Waals surface area contributed by atoms with Crippen LogP contribution in [0.5, 0.6) is 0 Å². The molecule has 0 radical (unpaired) electrons. The number of aliphatic hydroxyl groups is 5. The van der Waals surface area contributed by atoms with E-state index in [0.29, 0.717) is 19.3 Å². The van der Waals surface area contributed by atoms with Gasteiger partial charge in [0, 0.05) is 6.42 Å². The first-order chi connectivity index (χ1) is 41.2. The molecule has 0 saturated carbocycles. The molecule has 0 aromatic rings. The Morgan fingerprint density at radius 2 is 0.821 bits per heavy atom. The third kappa shape index (κ3) is 47.7. The minimum absolute atomic E-state index is 0.123. The second-order valence-electron chi connectivity index (χ2n) is 25.0. The van der Waals surface area contributed by atoms with Crippen LogP contribution >= 0.6 is 0 Å². The van der Waals surface area contributed by atoms with E-state index >= 15 is 0 Å². The number of carbonyl (C=O) groups is 2. The van der Waals surface area contributed by atoms with Crippen molar-refractivity contribution in [2.75, 3.05) is 13.2 Å². The molecule has 1 fully saturated rings. The van der Waals surface area contributed by atoms with E-state index in [1.165, 1.54) is 231 Å². The Morgan fingerprint density at radius 3 is 1.25 bits per heavy atom. The zero-order valence-electron chi connectivity index (χ0n) is 54.8. The molecule has 6 N–H and O–H groups in total. The summed E-state index contributed by atoms with van der Waals surface area (Å²) < 4.78 is 17.7. The van der Waals surface area contributed by atoms with Gasteiger partial charge in [0.25, 0.3) is 0 Å². The first kappa shape index (κ1) is 79.6. The van der Waals surface area contributed by atoms with Gasteiger partial charge in [0.2, 0.25) is 5.91 Å². The van der Waals surface area contributed by atoms with Crippen LogP contribution in [-0.2, 0) is 23.8 Å². The first-order valence-corrected chi connectivity index (χ1v) is 35.9. The number of allylic oxidation sites excluding steroid dienone is 7. The number of rotatable bonds is 62. The normalized spacial score (nSPS) is 18.7. The summed E-state index contributed by atoms with van der Waals surface area (Å²) >= 11 is 0. The fraction of sp³-hybridized carbons (Fsp3) is 0.863. The van der Waals surface area contributed by atoms with Gasteiger partial charge in [-0.2, -0.15) is 0 Å². The maximum Gasteiger partial charge on any atom is 0.306 e. The highest BCUT2D eigenvalue weighted by Gasteiger charge is 2.47. The van der Waals surface area contributed by atoms with E-state index in [-0.39, 0.29) is 13.0 Å². The molecule has 1 saturated heterocycles. The molecule has 0 bridgehead atoms. The van der Waals surface area contributed by atoms with Crippen LogP contribution in [0.2, 0.25) is 0 Å². The van der Waals surface area contributed by atoms with Gasteiger partial charge in [-0.15, -0.1) is 0 Å². The number of esters is 1. The van der Waals surface area contributed by atoms with Crippen LogP contribution in [0.25, 0.3) is 0 Å². The smallest absolute Gasteiger partial charge is 0.306 e. The molecule has 0 aliphatic carbocycles. The predicted octanol–water partition coefficient (Wildman–Crippen LogP) is 18.3. The average Bonchev–Trinajstić information content (AvgIpc) is 3.54. The molecule has 8 atom stereocenters. The zero-order chi connectivity index (χ0) is 61.0. The minimum Gasteiger partial charge on any atom is -0.454 e. The van der Waals surface area contributed by atoms with Gasteiger partial charge in [-0.05, 0) is 83.5 Å². The minimum atomic E-state index is -1.61. The van der Waals surface area contributed by atoms with Crippen LogP contribution in [0.4, 0.5) is 0 Å². The molecule has 84 heavy (non-hydrogen) atoms. The summed E-state index contributed by atoms with van der Waals surface area (Å²) in [5.41, 5.74) is 0. The number of carbonyl (C=O) groups excluding carboxylic acids is 2. The van der Waals surface area contributed by atoms with Crippen molar-refractivity contribution in [1.82, 2.24) is 5.32 Å². The second kappa shape index (κ2) is 60.9. The van der Waals surface area contributed by atoms with Gasteiger partial charge in [-0.3, -0.25) is 9.59 Å². The monoisotopic (exact) mass is 1190 g/mol. The Hall–Kier alpha value is -2.38. The number of aliphatic hydroxyl groups excluding tert-OH is 5. The highest BCUT2D eigenvalue weighted by atomic mass is 16.7. The molecule has 0 aromatic heterocycles. The summed E-state index contributed by atoms with van der Waals surface area (Å²) in [7, 11) is 0. The topological polar surface area (TPSA) is 175 Å². The summed E-state index contributed by atoms with van der Waals surface area (Å²) in [6.07, 6.45) is 65.8. The number of nitrogens with one attached hydrogen (secondary N) is 1. The summed E-state index contributed by atoms with van der Waals surface area (Å²) in [5, 5.41) is 57.2. The van der Waals surface area contributed by atoms with Gasteiger partial charge in [0.15, 0.2) is 12.4 Å². The number of amides is 1. The number of ether oxygens (including phenoxy) is 3. The van der Waals surface area contributed by atoms with Crippen LogP contribution in [0.3, 0.4) is 0 Å². The quantitative estimate of drug-likeness (QED) is 0.0195. The molecule has 1 amide bonds. The van der Waals surface area contributed by atoms with E-state index in [9.17, 15) is 35.1 Å². The van der Waals surface area contributed by atoms with Crippen molar-refractivity contribution >= 4 is 11.9 Å². The van der Waals surface area contributed by atoms with Crippen molar-refractivity contribution in [3.05, 3.63) is 48.6 Å². The van der Waals surface area contributed by atoms with Crippen LogP contribution in [-0.4, -0.2) is 99.6 Å². The van der Waals surface area contributed by atoms with E-state index in [0.717, 1.165) is 64.2 Å². The second-order valence-corrected chi connectivity index (χ2v) is 25.0. The van der Waals surface area contributed by atoms with Gasteiger partial charge >= 0.3 is 5.97 Å². The van der Waals surface area contributed by atoms with Crippen molar-refractivity contribution in [2.24, 2.45) is 0 Å². The van der Waals surface area contributed by atoms with E-state index in [1.54, 1.807) is 6.08 Å². The molecular formula is C73H135NO10. The number of hydrogen-bond donors (Lipinski definition) is 6. The van der Waals surface area contributed by atoms with E-state index in [4.69, 9.17) is 14.2 Å². The Morgan fingerprint density at radius 1 is 0.464 bits per heavy atom. The summed E-state index contributed by atoms with van der Waals surface area (Å²) in [4.78, 5) is 26.7. The van der Waals surface area contributed by atoms with Crippen LogP contribution in [0.15, 0.2) is 48.6 Å². The van der Waals surface area contributed by atoms with E-state index < -0.39 is 67.4 Å². The SMILES string of the molecule is CCCCC/C=C\C/C=C\CCCCCCCCCCCCCCCCC(O)C(=O)NC(COC1OC(CO)C(O)C(O)C1OC(=O)CCCCCCCCCCC/C=C/CCCCCCCC)C(O)/C=C/CCCCCCCCCCCC. The molecule has 492 valence electrons. The summed E-state index contributed by atoms with van der Waals surface area (Å²) in [6, 6.07) is -1.02. The summed E-state index contributed by atoms with van der Waals surface area (Å²) in [6.45, 7) is 5.80. The van der Waals surface area contributed by atoms with Gasteiger partial charge < -0.3 is 45.1 Å². The van der Waals surface area contributed by atoms with Gasteiger partial charge in [0.05, 0.1) is 25.4 Å². The Balaban J connectivity index is 2.56. The largest absolute Gasteiger partial charge is 0.454 e. The van der Waals surface area contributed by atoms with Crippen LogP contribution in [0.1, 0.15) is 342 Å². The zero-order valence-corrected chi connectivity index (χ0v) is 54.8. The Kier molecular flexibility index (Phi) is 57.7. The predicted molar refractivity (Wildman–Crippen MR) is 352 cm³/mol. The lowest BCUT2D eigenvalue weighted by Crippen LogP contribution is -2.61. The van der Waals surface area contributed by atoms with Gasteiger partial charge in [-0.25, -0.2) is 0 Å². The highest BCUT2D eigenvalue weighted by Crippen LogP contribution is 2.26. The van der Waals surface area contributed by atoms with Crippen molar-refractivity contribution in [1.29, 1.82) is 0 Å². The van der Waals surface area contributed by atoms with Crippen molar-refractivity contribution in [2.45, 2.75) is 391 Å². The lowest BCUT2D eigenvalue weighted by atomic mass is 9.99. The maximum atomic E-state index is 13.5. The van der Waals surface area contributed by atoms with Gasteiger partial charge in [-0.1, -0.05) is 301 Å². The van der Waals surface area contributed by atoms with Crippen molar-refractivity contribution in [3.8, 4) is 0 Å². The number of unbranched alkanes of at least 4 members (excludes halogenated alkanes) is 42. The van der Waals surface area contributed by atoms with Crippen molar-refractivity contribution in [3.63, 3.8) is 0 Å². The molecule has 8 unspecified atom stereocenters. The first-order valence-electron chi connectivity index (χ1n) is 35.9.